The molecule has 1 saturated heterocycles. The molecule has 0 aliphatic carbocycles. The van der Waals surface area contributed by atoms with E-state index in [4.69, 9.17) is 4.74 Å². The number of carbonyl (C=O) groups excluding carboxylic acids is 1. The first kappa shape index (κ1) is 16.8. The highest BCUT2D eigenvalue weighted by molar-refractivity contribution is 5.74. The van der Waals surface area contributed by atoms with Crippen molar-refractivity contribution in [2.75, 3.05) is 26.8 Å². The number of hydrogen-bond donors (Lipinski definition) is 1. The van der Waals surface area contributed by atoms with Crippen molar-refractivity contribution < 1.29 is 9.53 Å². The lowest BCUT2D eigenvalue weighted by molar-refractivity contribution is 0.170. The van der Waals surface area contributed by atoms with Crippen molar-refractivity contribution >= 4 is 6.03 Å². The normalized spacial score (nSPS) is 18.8. The summed E-state index contributed by atoms with van der Waals surface area (Å²) < 4.78 is 5.03. The van der Waals surface area contributed by atoms with Crippen molar-refractivity contribution in [3.05, 3.63) is 35.4 Å². The van der Waals surface area contributed by atoms with Crippen LogP contribution in [0.4, 0.5) is 4.79 Å². The molecular weight excluding hydrogens is 276 g/mol. The summed E-state index contributed by atoms with van der Waals surface area (Å²) in [6, 6.07) is 8.85. The maximum absolute atomic E-state index is 12.5. The highest BCUT2D eigenvalue weighted by Gasteiger charge is 2.26. The van der Waals surface area contributed by atoms with Crippen LogP contribution in [0.2, 0.25) is 0 Å². The highest BCUT2D eigenvalue weighted by atomic mass is 16.5. The van der Waals surface area contributed by atoms with Gasteiger partial charge in [-0.2, -0.15) is 0 Å². The van der Waals surface area contributed by atoms with Crippen LogP contribution < -0.4 is 5.32 Å². The van der Waals surface area contributed by atoms with Crippen molar-refractivity contribution in [3.63, 3.8) is 0 Å². The number of amides is 2. The summed E-state index contributed by atoms with van der Waals surface area (Å²) in [4.78, 5) is 14.6. The number of methoxy groups -OCH3 is 1. The van der Waals surface area contributed by atoms with Gasteiger partial charge >= 0.3 is 6.03 Å². The molecule has 0 bridgehead atoms. The summed E-state index contributed by atoms with van der Waals surface area (Å²) in [6.07, 6.45) is 5.38. The molecule has 2 amide bonds. The average molecular weight is 304 g/mol. The summed E-state index contributed by atoms with van der Waals surface area (Å²) in [5, 5.41) is 3.03. The van der Waals surface area contributed by atoms with Crippen LogP contribution in [0.1, 0.15) is 49.3 Å². The first-order chi connectivity index (χ1) is 10.7. The Morgan fingerprint density at radius 1 is 1.27 bits per heavy atom. The molecule has 122 valence electrons. The number of nitrogens with one attached hydrogen (secondary N) is 1. The molecule has 2 rings (SSSR count). The maximum Gasteiger partial charge on any atom is 0.317 e. The lowest BCUT2D eigenvalue weighted by atomic mass is 10.00. The zero-order valence-electron chi connectivity index (χ0n) is 13.8. The van der Waals surface area contributed by atoms with Gasteiger partial charge in [0, 0.05) is 26.8 Å². The van der Waals surface area contributed by atoms with Crippen LogP contribution in [0.25, 0.3) is 0 Å². The molecule has 4 nitrogen and oxygen atoms in total. The molecule has 1 aliphatic rings. The first-order valence-electron chi connectivity index (χ1n) is 8.32. The number of benzene rings is 1. The molecule has 1 atom stereocenters. The standard InChI is InChI=1S/C18H28N2O2/c1-15-8-10-16(11-9-15)17-7-4-3-5-13-20(17)18(21)19-12-6-14-22-2/h8-11,17H,3-7,12-14H2,1-2H3,(H,19,21)/t17-/m1/s1. The minimum atomic E-state index is 0.0589. The summed E-state index contributed by atoms with van der Waals surface area (Å²) in [5.41, 5.74) is 2.51. The van der Waals surface area contributed by atoms with E-state index in [1.54, 1.807) is 7.11 Å². The number of likely N-dealkylation sites (tertiary alicyclic amines) is 1. The fourth-order valence-electron chi connectivity index (χ4n) is 3.00. The van der Waals surface area contributed by atoms with Crippen LogP contribution in [0.5, 0.6) is 0 Å². The van der Waals surface area contributed by atoms with Crippen molar-refractivity contribution in [1.82, 2.24) is 10.2 Å². The van der Waals surface area contributed by atoms with E-state index in [1.807, 2.05) is 4.90 Å². The van der Waals surface area contributed by atoms with Crippen molar-refractivity contribution in [2.45, 2.75) is 45.1 Å². The van der Waals surface area contributed by atoms with Gasteiger partial charge in [-0.3, -0.25) is 0 Å². The summed E-state index contributed by atoms with van der Waals surface area (Å²) in [5.74, 6) is 0. The molecular formula is C18H28N2O2. The Morgan fingerprint density at radius 3 is 2.77 bits per heavy atom. The van der Waals surface area contributed by atoms with E-state index < -0.39 is 0 Å². The Hall–Kier alpha value is -1.55. The van der Waals surface area contributed by atoms with Crippen molar-refractivity contribution in [3.8, 4) is 0 Å². The fourth-order valence-corrected chi connectivity index (χ4v) is 3.00. The third kappa shape index (κ3) is 4.73. The molecule has 1 N–H and O–H groups in total. The SMILES string of the molecule is COCCCNC(=O)N1CCCCC[C@@H]1c1ccc(C)cc1. The zero-order valence-corrected chi connectivity index (χ0v) is 13.8. The smallest absolute Gasteiger partial charge is 0.317 e. The molecule has 1 aromatic carbocycles. The first-order valence-corrected chi connectivity index (χ1v) is 8.32. The number of rotatable bonds is 5. The number of aryl methyl sites for hydroxylation is 1. The third-order valence-corrected chi connectivity index (χ3v) is 4.28. The van der Waals surface area contributed by atoms with Crippen LogP contribution in [0, 0.1) is 6.92 Å². The van der Waals surface area contributed by atoms with E-state index in [2.05, 4.69) is 36.5 Å². The number of nitrogens with zero attached hydrogens (tertiary/aromatic N) is 1. The summed E-state index contributed by atoms with van der Waals surface area (Å²) in [6.45, 7) is 4.29. The van der Waals surface area contributed by atoms with Crippen molar-refractivity contribution in [2.24, 2.45) is 0 Å². The second-order valence-electron chi connectivity index (χ2n) is 6.05. The van der Waals surface area contributed by atoms with Gasteiger partial charge in [-0.25, -0.2) is 4.79 Å². The lowest BCUT2D eigenvalue weighted by Gasteiger charge is -2.30. The van der Waals surface area contributed by atoms with E-state index >= 15 is 0 Å². The van der Waals surface area contributed by atoms with Crippen LogP contribution >= 0.6 is 0 Å². The maximum atomic E-state index is 12.5. The predicted octanol–water partition coefficient (Wildman–Crippen LogP) is 3.66. The molecule has 1 aromatic rings. The van der Waals surface area contributed by atoms with E-state index in [0.29, 0.717) is 13.2 Å². The van der Waals surface area contributed by atoms with E-state index in [-0.39, 0.29) is 12.1 Å². The molecule has 0 spiro atoms. The Balaban J connectivity index is 2.03. The van der Waals surface area contributed by atoms with Gasteiger partial charge in [-0.1, -0.05) is 42.7 Å². The predicted molar refractivity (Wildman–Crippen MR) is 89.0 cm³/mol. The van der Waals surface area contributed by atoms with Gasteiger partial charge in [0.25, 0.3) is 0 Å². The molecule has 1 fully saturated rings. The largest absolute Gasteiger partial charge is 0.385 e. The number of ether oxygens (including phenoxy) is 1. The summed E-state index contributed by atoms with van der Waals surface area (Å²) in [7, 11) is 1.68. The Morgan fingerprint density at radius 2 is 2.05 bits per heavy atom. The Labute approximate surface area is 133 Å². The quantitative estimate of drug-likeness (QED) is 0.844. The molecule has 0 radical (unpaired) electrons. The van der Waals surface area contributed by atoms with Crippen LogP contribution in [0.15, 0.2) is 24.3 Å². The summed E-state index contributed by atoms with van der Waals surface area (Å²) >= 11 is 0. The van der Waals surface area contributed by atoms with Gasteiger partial charge in [-0.05, 0) is 31.7 Å². The number of carbonyl (C=O) groups is 1. The monoisotopic (exact) mass is 304 g/mol. The number of hydrogen-bond acceptors (Lipinski definition) is 2. The van der Waals surface area contributed by atoms with Crippen LogP contribution in [-0.2, 0) is 4.74 Å². The van der Waals surface area contributed by atoms with Crippen LogP contribution in [-0.4, -0.2) is 37.7 Å². The molecule has 1 heterocycles. The molecule has 0 unspecified atom stereocenters. The second-order valence-corrected chi connectivity index (χ2v) is 6.05. The topological polar surface area (TPSA) is 41.6 Å². The van der Waals surface area contributed by atoms with Crippen LogP contribution in [0.3, 0.4) is 0 Å². The minimum Gasteiger partial charge on any atom is -0.385 e. The fraction of sp³-hybridized carbons (Fsp3) is 0.611. The van der Waals surface area contributed by atoms with Gasteiger partial charge in [0.1, 0.15) is 0 Å². The molecule has 1 aliphatic heterocycles. The van der Waals surface area contributed by atoms with Crippen molar-refractivity contribution in [1.29, 1.82) is 0 Å². The Bertz CT molecular complexity index is 459. The van der Waals surface area contributed by atoms with Gasteiger partial charge < -0.3 is 15.0 Å². The lowest BCUT2D eigenvalue weighted by Crippen LogP contribution is -2.42. The second kappa shape index (κ2) is 8.79. The molecule has 22 heavy (non-hydrogen) atoms. The average Bonchev–Trinajstić information content (AvgIpc) is 2.78. The number of urea groups is 1. The van der Waals surface area contributed by atoms with E-state index in [1.165, 1.54) is 24.0 Å². The van der Waals surface area contributed by atoms with E-state index in [9.17, 15) is 4.79 Å². The zero-order chi connectivity index (χ0) is 15.8. The van der Waals surface area contributed by atoms with Gasteiger partial charge in [0.2, 0.25) is 0 Å². The van der Waals surface area contributed by atoms with Gasteiger partial charge in [0.05, 0.1) is 6.04 Å². The highest BCUT2D eigenvalue weighted by Crippen LogP contribution is 2.30. The van der Waals surface area contributed by atoms with E-state index in [0.717, 1.165) is 25.8 Å². The molecule has 0 saturated carbocycles. The molecule has 0 aromatic heterocycles. The Kier molecular flexibility index (Phi) is 6.72. The van der Waals surface area contributed by atoms with Gasteiger partial charge in [0.15, 0.2) is 0 Å². The van der Waals surface area contributed by atoms with Gasteiger partial charge in [-0.15, -0.1) is 0 Å². The minimum absolute atomic E-state index is 0.0589. The third-order valence-electron chi connectivity index (χ3n) is 4.28. The molecule has 4 heteroatoms.